The molecule has 4 rings (SSSR count). The molecule has 154 valence electrons. The van der Waals surface area contributed by atoms with Gasteiger partial charge in [-0.3, -0.25) is 9.59 Å². The molecule has 3 aromatic carbocycles. The van der Waals surface area contributed by atoms with Crippen molar-refractivity contribution in [3.63, 3.8) is 0 Å². The summed E-state index contributed by atoms with van der Waals surface area (Å²) in [7, 11) is 1.61. The number of nitrogens with one attached hydrogen (secondary N) is 1. The van der Waals surface area contributed by atoms with E-state index in [9.17, 15) is 9.59 Å². The molecule has 0 saturated heterocycles. The summed E-state index contributed by atoms with van der Waals surface area (Å²) in [4.78, 5) is 26.1. The number of hydrogen-bond acceptors (Lipinski definition) is 5. The van der Waals surface area contributed by atoms with Crippen molar-refractivity contribution in [3.8, 4) is 5.75 Å². The second kappa shape index (κ2) is 9.13. The number of anilines is 1. The first-order valence-electron chi connectivity index (χ1n) is 9.84. The van der Waals surface area contributed by atoms with Crippen LogP contribution in [0.5, 0.6) is 5.75 Å². The second-order valence-corrected chi connectivity index (χ2v) is 7.00. The normalized spacial score (nSPS) is 11.3. The summed E-state index contributed by atoms with van der Waals surface area (Å²) < 4.78 is 10.8. The highest BCUT2D eigenvalue weighted by Crippen LogP contribution is 2.19. The summed E-state index contributed by atoms with van der Waals surface area (Å²) in [5.74, 6) is 0.582. The lowest BCUT2D eigenvalue weighted by Crippen LogP contribution is -2.14. The Morgan fingerprint density at radius 3 is 2.42 bits per heavy atom. The van der Waals surface area contributed by atoms with Crippen molar-refractivity contribution in [1.29, 1.82) is 0 Å². The SMILES string of the molecule is COc1ccc(N/C=C(\Cc2coc3ccccc3c2=O)C(=O)c2ccccc2)cc1. The Labute approximate surface area is 179 Å². The van der Waals surface area contributed by atoms with E-state index in [1.54, 1.807) is 43.6 Å². The molecule has 0 aliphatic heterocycles. The number of carbonyl (C=O) groups excluding carboxylic acids is 1. The molecule has 1 N–H and O–H groups in total. The molecule has 4 aromatic rings. The van der Waals surface area contributed by atoms with Crippen molar-refractivity contribution >= 4 is 22.4 Å². The summed E-state index contributed by atoms with van der Waals surface area (Å²) in [6, 6.07) is 23.4. The summed E-state index contributed by atoms with van der Waals surface area (Å²) in [6.07, 6.45) is 3.22. The molecule has 0 amide bonds. The van der Waals surface area contributed by atoms with E-state index in [2.05, 4.69) is 5.32 Å². The Kier molecular flexibility index (Phi) is 5.94. The van der Waals surface area contributed by atoms with Crippen LogP contribution in [-0.4, -0.2) is 12.9 Å². The first kappa shape index (κ1) is 20.2. The number of hydrogen-bond donors (Lipinski definition) is 1. The highest BCUT2D eigenvalue weighted by atomic mass is 16.5. The molecular formula is C26H21NO4. The molecular weight excluding hydrogens is 390 g/mol. The Balaban J connectivity index is 1.69. The van der Waals surface area contributed by atoms with Crippen LogP contribution in [0.2, 0.25) is 0 Å². The number of benzene rings is 3. The third-order valence-electron chi connectivity index (χ3n) is 4.96. The van der Waals surface area contributed by atoms with E-state index >= 15 is 0 Å². The molecule has 0 aliphatic rings. The van der Waals surface area contributed by atoms with Crippen LogP contribution in [0.25, 0.3) is 11.0 Å². The van der Waals surface area contributed by atoms with Crippen LogP contribution in [0.1, 0.15) is 15.9 Å². The van der Waals surface area contributed by atoms with Gasteiger partial charge in [-0.1, -0.05) is 42.5 Å². The molecule has 0 spiro atoms. The monoisotopic (exact) mass is 411 g/mol. The quantitative estimate of drug-likeness (QED) is 0.333. The van der Waals surface area contributed by atoms with Crippen LogP contribution in [0.15, 0.2) is 106 Å². The maximum atomic E-state index is 13.2. The second-order valence-electron chi connectivity index (χ2n) is 7.00. The predicted molar refractivity (Wildman–Crippen MR) is 122 cm³/mol. The molecule has 0 bridgehead atoms. The summed E-state index contributed by atoms with van der Waals surface area (Å²) in [5.41, 5.74) is 2.60. The number of para-hydroxylation sites is 1. The molecule has 5 nitrogen and oxygen atoms in total. The van der Waals surface area contributed by atoms with Crippen molar-refractivity contribution < 1.29 is 13.9 Å². The van der Waals surface area contributed by atoms with Gasteiger partial charge < -0.3 is 14.5 Å². The van der Waals surface area contributed by atoms with Gasteiger partial charge in [-0.15, -0.1) is 0 Å². The Hall–Kier alpha value is -4.12. The van der Waals surface area contributed by atoms with E-state index in [0.29, 0.717) is 27.7 Å². The van der Waals surface area contributed by atoms with Gasteiger partial charge in [0.2, 0.25) is 0 Å². The molecule has 31 heavy (non-hydrogen) atoms. The van der Waals surface area contributed by atoms with E-state index in [4.69, 9.17) is 9.15 Å². The number of ether oxygens (including phenoxy) is 1. The lowest BCUT2D eigenvalue weighted by Gasteiger charge is -2.09. The number of fused-ring (bicyclic) bond motifs is 1. The third kappa shape index (κ3) is 4.56. The maximum absolute atomic E-state index is 13.2. The predicted octanol–water partition coefficient (Wildman–Crippen LogP) is 5.22. The number of carbonyl (C=O) groups is 1. The van der Waals surface area contributed by atoms with E-state index in [0.717, 1.165) is 11.4 Å². The van der Waals surface area contributed by atoms with Gasteiger partial charge in [-0.25, -0.2) is 0 Å². The number of methoxy groups -OCH3 is 1. The fourth-order valence-corrected chi connectivity index (χ4v) is 3.27. The first-order chi connectivity index (χ1) is 15.2. The lowest BCUT2D eigenvalue weighted by molar-refractivity contribution is 0.103. The van der Waals surface area contributed by atoms with E-state index < -0.39 is 0 Å². The largest absolute Gasteiger partial charge is 0.497 e. The standard InChI is InChI=1S/C26H21NO4/c1-30-22-13-11-21(12-14-22)27-16-19(25(28)18-7-3-2-4-8-18)15-20-17-31-24-10-6-5-9-23(24)26(20)29/h2-14,16-17,27H,15H2,1H3/b19-16+. The maximum Gasteiger partial charge on any atom is 0.196 e. The van der Waals surface area contributed by atoms with Gasteiger partial charge in [-0.2, -0.15) is 0 Å². The van der Waals surface area contributed by atoms with E-state index in [-0.39, 0.29) is 17.6 Å². The van der Waals surface area contributed by atoms with Crippen LogP contribution in [0, 0.1) is 0 Å². The summed E-state index contributed by atoms with van der Waals surface area (Å²) in [5, 5.41) is 3.65. The minimum Gasteiger partial charge on any atom is -0.497 e. The Bertz CT molecular complexity index is 1290. The smallest absolute Gasteiger partial charge is 0.196 e. The molecule has 1 aromatic heterocycles. The fourth-order valence-electron chi connectivity index (χ4n) is 3.27. The van der Waals surface area contributed by atoms with Crippen molar-refractivity contribution in [2.24, 2.45) is 0 Å². The summed E-state index contributed by atoms with van der Waals surface area (Å²) in [6.45, 7) is 0. The minimum atomic E-state index is -0.158. The van der Waals surface area contributed by atoms with Gasteiger partial charge in [0, 0.05) is 35.0 Å². The van der Waals surface area contributed by atoms with Crippen LogP contribution in [0.4, 0.5) is 5.69 Å². The van der Waals surface area contributed by atoms with Gasteiger partial charge in [0.1, 0.15) is 11.3 Å². The van der Waals surface area contributed by atoms with Crippen LogP contribution in [-0.2, 0) is 6.42 Å². The molecule has 0 fully saturated rings. The zero-order valence-corrected chi connectivity index (χ0v) is 17.0. The third-order valence-corrected chi connectivity index (χ3v) is 4.96. The number of Topliss-reactive ketones (excluding diaryl/α,β-unsaturated/α-hetero) is 1. The molecule has 0 saturated carbocycles. The van der Waals surface area contributed by atoms with Crippen molar-refractivity contribution in [1.82, 2.24) is 0 Å². The van der Waals surface area contributed by atoms with Gasteiger partial charge in [0.05, 0.1) is 18.8 Å². The molecule has 5 heteroatoms. The zero-order chi connectivity index (χ0) is 21.6. The van der Waals surface area contributed by atoms with Crippen LogP contribution >= 0.6 is 0 Å². The molecule has 0 unspecified atom stereocenters. The zero-order valence-electron chi connectivity index (χ0n) is 17.0. The Morgan fingerprint density at radius 1 is 0.968 bits per heavy atom. The molecule has 0 radical (unpaired) electrons. The van der Waals surface area contributed by atoms with E-state index in [1.807, 2.05) is 48.5 Å². The fraction of sp³-hybridized carbons (Fsp3) is 0.0769. The topological polar surface area (TPSA) is 68.5 Å². The van der Waals surface area contributed by atoms with Crippen LogP contribution in [0.3, 0.4) is 0 Å². The average molecular weight is 411 g/mol. The number of rotatable bonds is 7. The molecule has 0 atom stereocenters. The van der Waals surface area contributed by atoms with Crippen molar-refractivity contribution in [2.45, 2.75) is 6.42 Å². The van der Waals surface area contributed by atoms with E-state index in [1.165, 1.54) is 6.26 Å². The van der Waals surface area contributed by atoms with Gasteiger partial charge >= 0.3 is 0 Å². The van der Waals surface area contributed by atoms with Gasteiger partial charge in [0.25, 0.3) is 0 Å². The van der Waals surface area contributed by atoms with Crippen LogP contribution < -0.4 is 15.5 Å². The van der Waals surface area contributed by atoms with Crippen molar-refractivity contribution in [3.05, 3.63) is 118 Å². The minimum absolute atomic E-state index is 0.141. The highest BCUT2D eigenvalue weighted by molar-refractivity contribution is 6.09. The Morgan fingerprint density at radius 2 is 1.68 bits per heavy atom. The first-order valence-corrected chi connectivity index (χ1v) is 9.84. The highest BCUT2D eigenvalue weighted by Gasteiger charge is 2.16. The summed E-state index contributed by atoms with van der Waals surface area (Å²) >= 11 is 0. The number of ketones is 1. The average Bonchev–Trinajstić information content (AvgIpc) is 2.83. The lowest BCUT2D eigenvalue weighted by atomic mass is 9.98. The van der Waals surface area contributed by atoms with Gasteiger partial charge in [0.15, 0.2) is 11.2 Å². The van der Waals surface area contributed by atoms with Crippen molar-refractivity contribution in [2.75, 3.05) is 12.4 Å². The molecule has 0 aliphatic carbocycles. The number of allylic oxidation sites excluding steroid dienone is 1. The van der Waals surface area contributed by atoms with Gasteiger partial charge in [-0.05, 0) is 36.4 Å². The molecule has 1 heterocycles.